The summed E-state index contributed by atoms with van der Waals surface area (Å²) >= 11 is 6.09. The Kier molecular flexibility index (Phi) is 8.10. The van der Waals surface area contributed by atoms with Gasteiger partial charge in [-0.1, -0.05) is 23.7 Å². The van der Waals surface area contributed by atoms with E-state index >= 15 is 0 Å². The Morgan fingerprint density at radius 3 is 2.55 bits per heavy atom. The van der Waals surface area contributed by atoms with E-state index in [1.807, 2.05) is 19.1 Å². The minimum atomic E-state index is -0.396. The lowest BCUT2D eigenvalue weighted by atomic mass is 9.82. The molecule has 2 fully saturated rings. The molecule has 2 unspecified atom stereocenters. The molecule has 1 N–H and O–H groups in total. The lowest BCUT2D eigenvalue weighted by Crippen LogP contribution is -2.58. The summed E-state index contributed by atoms with van der Waals surface area (Å²) in [6, 6.07) is 11.1. The quantitative estimate of drug-likeness (QED) is 0.651. The predicted octanol–water partition coefficient (Wildman–Crippen LogP) is 4.34. The van der Waals surface area contributed by atoms with Crippen LogP contribution in [0.5, 0.6) is 0 Å². The number of nitrogens with one attached hydrogen (secondary N) is 1. The third-order valence-electron chi connectivity index (χ3n) is 7.25. The van der Waals surface area contributed by atoms with Gasteiger partial charge in [0.25, 0.3) is 0 Å². The van der Waals surface area contributed by atoms with Crippen LogP contribution in [0, 0.1) is 6.92 Å². The van der Waals surface area contributed by atoms with Crippen molar-refractivity contribution in [2.75, 3.05) is 19.7 Å². The van der Waals surface area contributed by atoms with E-state index in [4.69, 9.17) is 21.4 Å². The van der Waals surface area contributed by atoms with E-state index in [0.29, 0.717) is 31.7 Å². The molecule has 0 bridgehead atoms. The molecule has 2 atom stereocenters. The van der Waals surface area contributed by atoms with Crippen molar-refractivity contribution in [2.45, 2.75) is 83.5 Å². The zero-order chi connectivity index (χ0) is 23.4. The molecule has 0 spiro atoms. The predicted molar refractivity (Wildman–Crippen MR) is 132 cm³/mol. The Labute approximate surface area is 202 Å². The van der Waals surface area contributed by atoms with Crippen LogP contribution < -0.4 is 5.32 Å². The molecule has 1 aliphatic heterocycles. The molecule has 2 heterocycles. The van der Waals surface area contributed by atoms with Gasteiger partial charge in [-0.15, -0.1) is 0 Å². The molecule has 1 aromatic carbocycles. The molecule has 4 rings (SSSR count). The van der Waals surface area contributed by atoms with Gasteiger partial charge < -0.3 is 10.1 Å². The summed E-state index contributed by atoms with van der Waals surface area (Å²) in [6.07, 6.45) is 5.04. The van der Waals surface area contributed by atoms with Gasteiger partial charge in [0, 0.05) is 48.4 Å². The molecule has 2 aromatic rings. The molecule has 0 radical (unpaired) electrons. The number of nitrogens with zero attached hydrogens (tertiary/aromatic N) is 3. The first-order valence-electron chi connectivity index (χ1n) is 12.4. The van der Waals surface area contributed by atoms with Crippen LogP contribution in [0.2, 0.25) is 5.02 Å². The van der Waals surface area contributed by atoms with Gasteiger partial charge in [0.15, 0.2) is 0 Å². The van der Waals surface area contributed by atoms with Crippen molar-refractivity contribution in [1.29, 1.82) is 0 Å². The maximum absolute atomic E-state index is 12.5. The van der Waals surface area contributed by atoms with Crippen LogP contribution in [-0.4, -0.2) is 58.5 Å². The highest BCUT2D eigenvalue weighted by Gasteiger charge is 2.38. The highest BCUT2D eigenvalue weighted by atomic mass is 35.5. The first kappa shape index (κ1) is 24.2. The van der Waals surface area contributed by atoms with E-state index in [-0.39, 0.29) is 11.9 Å². The number of hydrogen-bond donors (Lipinski definition) is 1. The fourth-order valence-electron chi connectivity index (χ4n) is 5.44. The molecule has 2 aliphatic rings. The summed E-state index contributed by atoms with van der Waals surface area (Å²) in [6.45, 7) is 9.01. The van der Waals surface area contributed by atoms with Crippen molar-refractivity contribution in [1.82, 2.24) is 20.0 Å². The highest BCUT2D eigenvalue weighted by molar-refractivity contribution is 6.30. The number of aryl methyl sites for hydroxylation is 2. The average molecular weight is 473 g/mol. The first-order valence-corrected chi connectivity index (χ1v) is 12.8. The van der Waals surface area contributed by atoms with Crippen LogP contribution in [0.3, 0.4) is 0 Å². The molecule has 6 nitrogen and oxygen atoms in total. The SMILES string of the molecule is CCNC(=O)C1CN(C2CCC(c3cc(C)n(CC)n3)CC2)C(Cc2ccc(Cl)cc2)CO1. The van der Waals surface area contributed by atoms with Crippen molar-refractivity contribution < 1.29 is 9.53 Å². The second-order valence-electron chi connectivity index (χ2n) is 9.43. The van der Waals surface area contributed by atoms with Gasteiger partial charge in [0.05, 0.1) is 12.3 Å². The molecule has 1 aliphatic carbocycles. The fraction of sp³-hybridized carbons (Fsp3) is 0.615. The normalized spacial score (nSPS) is 26.3. The molecular formula is C26H37ClN4O2. The number of hydrogen-bond acceptors (Lipinski definition) is 4. The number of likely N-dealkylation sites (N-methyl/N-ethyl adjacent to an activating group) is 1. The number of amides is 1. The Morgan fingerprint density at radius 2 is 1.91 bits per heavy atom. The number of morpholine rings is 1. The highest BCUT2D eigenvalue weighted by Crippen LogP contribution is 2.36. The van der Waals surface area contributed by atoms with Crippen molar-refractivity contribution in [3.63, 3.8) is 0 Å². The van der Waals surface area contributed by atoms with Gasteiger partial charge >= 0.3 is 0 Å². The van der Waals surface area contributed by atoms with E-state index in [2.05, 4.69) is 46.9 Å². The van der Waals surface area contributed by atoms with E-state index in [0.717, 1.165) is 43.7 Å². The summed E-state index contributed by atoms with van der Waals surface area (Å²) in [7, 11) is 0. The van der Waals surface area contributed by atoms with Crippen LogP contribution in [0.25, 0.3) is 0 Å². The molecule has 33 heavy (non-hydrogen) atoms. The maximum atomic E-state index is 12.5. The van der Waals surface area contributed by atoms with Gasteiger partial charge in [0.2, 0.25) is 5.91 Å². The Hall–Kier alpha value is -1.89. The largest absolute Gasteiger partial charge is 0.365 e. The van der Waals surface area contributed by atoms with Crippen molar-refractivity contribution in [3.05, 3.63) is 52.3 Å². The first-order chi connectivity index (χ1) is 16.0. The number of carbonyl (C=O) groups is 1. The lowest BCUT2D eigenvalue weighted by molar-refractivity contribution is -0.145. The third kappa shape index (κ3) is 5.79. The minimum absolute atomic E-state index is 0.00158. The van der Waals surface area contributed by atoms with Gasteiger partial charge in [-0.25, -0.2) is 0 Å². The lowest BCUT2D eigenvalue weighted by Gasteiger charge is -2.45. The molecule has 1 saturated carbocycles. The Morgan fingerprint density at radius 1 is 1.18 bits per heavy atom. The number of benzene rings is 1. The maximum Gasteiger partial charge on any atom is 0.250 e. The van der Waals surface area contributed by atoms with Gasteiger partial charge in [-0.05, 0) is 76.6 Å². The fourth-order valence-corrected chi connectivity index (χ4v) is 5.56. The number of ether oxygens (including phenoxy) is 1. The smallest absolute Gasteiger partial charge is 0.250 e. The van der Waals surface area contributed by atoms with Crippen LogP contribution in [0.4, 0.5) is 0 Å². The van der Waals surface area contributed by atoms with Crippen LogP contribution in [-0.2, 0) is 22.5 Å². The van der Waals surface area contributed by atoms with Gasteiger partial charge in [-0.3, -0.25) is 14.4 Å². The third-order valence-corrected chi connectivity index (χ3v) is 7.50. The molecule has 7 heteroatoms. The van der Waals surface area contributed by atoms with Crippen LogP contribution in [0.15, 0.2) is 30.3 Å². The summed E-state index contributed by atoms with van der Waals surface area (Å²) in [4.78, 5) is 15.1. The second kappa shape index (κ2) is 11.0. The Balaban J connectivity index is 1.45. The number of carbonyl (C=O) groups excluding carboxylic acids is 1. The molecule has 1 aromatic heterocycles. The van der Waals surface area contributed by atoms with Crippen molar-refractivity contribution in [2.24, 2.45) is 0 Å². The summed E-state index contributed by atoms with van der Waals surface area (Å²) in [5, 5.41) is 8.53. The number of aromatic nitrogens is 2. The van der Waals surface area contributed by atoms with E-state index in [1.165, 1.54) is 17.0 Å². The zero-order valence-corrected chi connectivity index (χ0v) is 20.9. The monoisotopic (exact) mass is 472 g/mol. The minimum Gasteiger partial charge on any atom is -0.365 e. The number of halogens is 1. The number of rotatable bonds is 7. The molecule has 1 amide bonds. The summed E-state index contributed by atoms with van der Waals surface area (Å²) in [5.41, 5.74) is 3.74. The summed E-state index contributed by atoms with van der Waals surface area (Å²) in [5.74, 6) is 0.532. The van der Waals surface area contributed by atoms with Crippen molar-refractivity contribution in [3.8, 4) is 0 Å². The second-order valence-corrected chi connectivity index (χ2v) is 9.87. The zero-order valence-electron chi connectivity index (χ0n) is 20.1. The van der Waals surface area contributed by atoms with Crippen molar-refractivity contribution >= 4 is 17.5 Å². The topological polar surface area (TPSA) is 59.4 Å². The van der Waals surface area contributed by atoms with Gasteiger partial charge in [-0.2, -0.15) is 5.10 Å². The van der Waals surface area contributed by atoms with Crippen LogP contribution >= 0.6 is 11.6 Å². The molecule has 180 valence electrons. The standard InChI is InChI=1S/C26H37ClN4O2/c1-4-28-26(32)25-16-30(23(17-33-25)15-19-6-10-21(27)11-7-19)22-12-8-20(9-13-22)24-14-18(3)31(5-2)29-24/h6-7,10-11,14,20,22-23,25H,4-5,8-9,12-13,15-17H2,1-3H3,(H,28,32). The van der Waals surface area contributed by atoms with Gasteiger partial charge in [0.1, 0.15) is 6.10 Å². The van der Waals surface area contributed by atoms with E-state index < -0.39 is 6.10 Å². The summed E-state index contributed by atoms with van der Waals surface area (Å²) < 4.78 is 8.15. The molecule has 1 saturated heterocycles. The average Bonchev–Trinajstić information content (AvgIpc) is 3.21. The Bertz CT molecular complexity index is 921. The van der Waals surface area contributed by atoms with E-state index in [9.17, 15) is 4.79 Å². The van der Waals surface area contributed by atoms with E-state index in [1.54, 1.807) is 0 Å². The van der Waals surface area contributed by atoms with Crippen LogP contribution in [0.1, 0.15) is 62.4 Å². The molecular weight excluding hydrogens is 436 g/mol.